The second-order valence-electron chi connectivity index (χ2n) is 6.61. The second kappa shape index (κ2) is 6.78. The quantitative estimate of drug-likeness (QED) is 0.693. The summed E-state index contributed by atoms with van der Waals surface area (Å²) in [4.78, 5) is 0. The fourth-order valence-electron chi connectivity index (χ4n) is 3.50. The molecular weight excluding hydrogens is 206 g/mol. The van der Waals surface area contributed by atoms with Crippen LogP contribution in [-0.2, 0) is 0 Å². The van der Waals surface area contributed by atoms with Crippen molar-refractivity contribution in [2.45, 2.75) is 77.7 Å². The van der Waals surface area contributed by atoms with Crippen molar-refractivity contribution in [2.24, 2.45) is 17.8 Å². The van der Waals surface area contributed by atoms with Crippen molar-refractivity contribution < 1.29 is 0 Å². The predicted octanol–water partition coefficient (Wildman–Crippen LogP) is 4.37. The van der Waals surface area contributed by atoms with E-state index in [-0.39, 0.29) is 0 Å². The molecule has 1 N–H and O–H groups in total. The van der Waals surface area contributed by atoms with Gasteiger partial charge in [-0.1, -0.05) is 39.5 Å². The highest BCUT2D eigenvalue weighted by Gasteiger charge is 2.28. The summed E-state index contributed by atoms with van der Waals surface area (Å²) in [5.41, 5.74) is 0. The van der Waals surface area contributed by atoms with Crippen molar-refractivity contribution >= 4 is 0 Å². The molecule has 0 bridgehead atoms. The molecule has 2 fully saturated rings. The summed E-state index contributed by atoms with van der Waals surface area (Å²) < 4.78 is 0. The van der Waals surface area contributed by atoms with E-state index in [1.165, 1.54) is 64.3 Å². The summed E-state index contributed by atoms with van der Waals surface area (Å²) in [6, 6.07) is 0.832. The van der Waals surface area contributed by atoms with E-state index < -0.39 is 0 Å². The third-order valence-electron chi connectivity index (χ3n) is 4.79. The van der Waals surface area contributed by atoms with E-state index in [0.29, 0.717) is 0 Å². The fourth-order valence-corrected chi connectivity index (χ4v) is 3.50. The average molecular weight is 237 g/mol. The molecule has 100 valence electrons. The molecule has 2 rings (SSSR count). The first kappa shape index (κ1) is 13.4. The highest BCUT2D eigenvalue weighted by molar-refractivity contribution is 4.84. The van der Waals surface area contributed by atoms with Crippen LogP contribution in [0.2, 0.25) is 0 Å². The Kier molecular flexibility index (Phi) is 5.34. The lowest BCUT2D eigenvalue weighted by atomic mass is 9.77. The number of hydrogen-bond acceptors (Lipinski definition) is 1. The van der Waals surface area contributed by atoms with Crippen molar-refractivity contribution in [3.63, 3.8) is 0 Å². The van der Waals surface area contributed by atoms with Crippen LogP contribution in [0, 0.1) is 17.8 Å². The Balaban J connectivity index is 1.78. The highest BCUT2D eigenvalue weighted by Crippen LogP contribution is 2.37. The molecule has 2 aliphatic carbocycles. The molecule has 0 aromatic rings. The minimum Gasteiger partial charge on any atom is -0.314 e. The third kappa shape index (κ3) is 4.62. The predicted molar refractivity (Wildman–Crippen MR) is 75.2 cm³/mol. The van der Waals surface area contributed by atoms with Crippen molar-refractivity contribution in [1.29, 1.82) is 0 Å². The van der Waals surface area contributed by atoms with Gasteiger partial charge in [0.2, 0.25) is 0 Å². The lowest BCUT2D eigenvalue weighted by Gasteiger charge is -2.34. The zero-order chi connectivity index (χ0) is 12.1. The molecule has 0 radical (unpaired) electrons. The average Bonchev–Trinajstić information content (AvgIpc) is 3.13. The lowest BCUT2D eigenvalue weighted by molar-refractivity contribution is 0.211. The Morgan fingerprint density at radius 1 is 1.18 bits per heavy atom. The van der Waals surface area contributed by atoms with Gasteiger partial charge in [-0.15, -0.1) is 0 Å². The van der Waals surface area contributed by atoms with E-state index in [9.17, 15) is 0 Å². The molecule has 0 heterocycles. The molecule has 0 aliphatic heterocycles. The largest absolute Gasteiger partial charge is 0.314 e. The third-order valence-corrected chi connectivity index (χ3v) is 4.79. The maximum atomic E-state index is 3.84. The Morgan fingerprint density at radius 2 is 2.00 bits per heavy atom. The molecule has 1 nitrogen and oxygen atoms in total. The van der Waals surface area contributed by atoms with Gasteiger partial charge in [0.15, 0.2) is 0 Å². The highest BCUT2D eigenvalue weighted by atomic mass is 14.9. The monoisotopic (exact) mass is 237 g/mol. The topological polar surface area (TPSA) is 12.0 Å². The van der Waals surface area contributed by atoms with E-state index in [0.717, 1.165) is 23.8 Å². The zero-order valence-electron chi connectivity index (χ0n) is 11.9. The van der Waals surface area contributed by atoms with Crippen LogP contribution in [0.3, 0.4) is 0 Å². The molecule has 0 aromatic heterocycles. The van der Waals surface area contributed by atoms with Crippen LogP contribution >= 0.6 is 0 Å². The van der Waals surface area contributed by atoms with Crippen molar-refractivity contribution in [1.82, 2.24) is 5.32 Å². The van der Waals surface area contributed by atoms with E-state index in [4.69, 9.17) is 0 Å². The van der Waals surface area contributed by atoms with Crippen LogP contribution in [0.25, 0.3) is 0 Å². The Morgan fingerprint density at radius 3 is 2.65 bits per heavy atom. The normalized spacial score (nSPS) is 31.4. The summed E-state index contributed by atoms with van der Waals surface area (Å²) in [6.07, 6.45) is 13.2. The first-order chi connectivity index (χ1) is 8.29. The van der Waals surface area contributed by atoms with E-state index >= 15 is 0 Å². The summed E-state index contributed by atoms with van der Waals surface area (Å²) in [6.45, 7) is 5.96. The molecular formula is C16H31N. The first-order valence-corrected chi connectivity index (χ1v) is 8.03. The van der Waals surface area contributed by atoms with E-state index in [1.807, 2.05) is 0 Å². The van der Waals surface area contributed by atoms with Gasteiger partial charge in [-0.3, -0.25) is 0 Å². The van der Waals surface area contributed by atoms with Gasteiger partial charge in [0.05, 0.1) is 0 Å². The minimum absolute atomic E-state index is 0.832. The van der Waals surface area contributed by atoms with Gasteiger partial charge in [0, 0.05) is 6.04 Å². The van der Waals surface area contributed by atoms with E-state index in [2.05, 4.69) is 19.2 Å². The van der Waals surface area contributed by atoms with E-state index in [1.54, 1.807) is 0 Å². The molecule has 3 atom stereocenters. The van der Waals surface area contributed by atoms with Crippen molar-refractivity contribution in [2.75, 3.05) is 6.54 Å². The Hall–Kier alpha value is -0.0400. The van der Waals surface area contributed by atoms with Gasteiger partial charge in [0.25, 0.3) is 0 Å². The minimum atomic E-state index is 0.832. The lowest BCUT2D eigenvalue weighted by Crippen LogP contribution is -2.38. The van der Waals surface area contributed by atoms with Crippen molar-refractivity contribution in [3.8, 4) is 0 Å². The number of nitrogens with one attached hydrogen (secondary N) is 1. The van der Waals surface area contributed by atoms with Crippen LogP contribution in [0.1, 0.15) is 71.6 Å². The molecule has 0 spiro atoms. The van der Waals surface area contributed by atoms with Crippen LogP contribution in [-0.4, -0.2) is 12.6 Å². The van der Waals surface area contributed by atoms with Gasteiger partial charge in [0.1, 0.15) is 0 Å². The molecule has 1 heteroatoms. The Bertz CT molecular complexity index is 210. The van der Waals surface area contributed by atoms with Crippen LogP contribution in [0.5, 0.6) is 0 Å². The smallest absolute Gasteiger partial charge is 0.00955 e. The van der Waals surface area contributed by atoms with Gasteiger partial charge in [-0.05, 0) is 56.4 Å². The van der Waals surface area contributed by atoms with Crippen molar-refractivity contribution in [3.05, 3.63) is 0 Å². The van der Waals surface area contributed by atoms with Gasteiger partial charge in [-0.2, -0.15) is 0 Å². The molecule has 17 heavy (non-hydrogen) atoms. The second-order valence-corrected chi connectivity index (χ2v) is 6.61. The maximum Gasteiger partial charge on any atom is 0.00955 e. The Labute approximate surface area is 108 Å². The first-order valence-electron chi connectivity index (χ1n) is 8.03. The van der Waals surface area contributed by atoms with Crippen LogP contribution in [0.15, 0.2) is 0 Å². The summed E-state index contributed by atoms with van der Waals surface area (Å²) in [5.74, 6) is 3.05. The van der Waals surface area contributed by atoms with Gasteiger partial charge in [-0.25, -0.2) is 0 Å². The van der Waals surface area contributed by atoms with Gasteiger partial charge >= 0.3 is 0 Å². The molecule has 0 aromatic carbocycles. The SMILES string of the molecule is CCCNC(CCC1CC1)C1CCCC(C)C1. The summed E-state index contributed by atoms with van der Waals surface area (Å²) >= 11 is 0. The fraction of sp³-hybridized carbons (Fsp3) is 1.00. The summed E-state index contributed by atoms with van der Waals surface area (Å²) in [5, 5.41) is 3.84. The maximum absolute atomic E-state index is 3.84. The summed E-state index contributed by atoms with van der Waals surface area (Å²) in [7, 11) is 0. The molecule has 0 amide bonds. The number of hydrogen-bond donors (Lipinski definition) is 1. The standard InChI is InChI=1S/C16H31N/c1-3-11-17-16(10-9-14-7-8-14)15-6-4-5-13(2)12-15/h13-17H,3-12H2,1-2H3. The molecule has 3 unspecified atom stereocenters. The molecule has 2 saturated carbocycles. The van der Waals surface area contributed by atoms with Crippen LogP contribution in [0.4, 0.5) is 0 Å². The molecule has 2 aliphatic rings. The van der Waals surface area contributed by atoms with Crippen LogP contribution < -0.4 is 5.32 Å². The number of rotatable bonds is 7. The van der Waals surface area contributed by atoms with Gasteiger partial charge < -0.3 is 5.32 Å². The zero-order valence-corrected chi connectivity index (χ0v) is 11.9. The molecule has 0 saturated heterocycles.